The number of Topliss-reactive ketones (excluding diaryl/α,β-unsaturated/α-hetero) is 1. The van der Waals surface area contributed by atoms with E-state index >= 15 is 0 Å². The van der Waals surface area contributed by atoms with Crippen molar-refractivity contribution in [1.82, 2.24) is 9.97 Å². The summed E-state index contributed by atoms with van der Waals surface area (Å²) in [6, 6.07) is 8.48. The summed E-state index contributed by atoms with van der Waals surface area (Å²) < 4.78 is 1.56. The van der Waals surface area contributed by atoms with Crippen molar-refractivity contribution in [2.75, 3.05) is 5.32 Å². The van der Waals surface area contributed by atoms with Gasteiger partial charge in [-0.3, -0.25) is 15.0 Å². The smallest absolute Gasteiger partial charge is 0.305 e. The van der Waals surface area contributed by atoms with Gasteiger partial charge in [-0.2, -0.15) is 0 Å². The average molecular weight is 403 g/mol. The molecule has 3 N–H and O–H groups in total. The lowest BCUT2D eigenvalue weighted by atomic mass is 10.1. The highest BCUT2D eigenvalue weighted by Crippen LogP contribution is 2.17. The number of rotatable bonds is 5. The van der Waals surface area contributed by atoms with Gasteiger partial charge in [-0.25, -0.2) is 4.98 Å². The number of fused-ring (bicyclic) bond motifs is 1. The maximum absolute atomic E-state index is 12.3. The van der Waals surface area contributed by atoms with Crippen LogP contribution in [-0.4, -0.2) is 21.5 Å². The fraction of sp³-hybridized carbons (Fsp3) is 0. The lowest BCUT2D eigenvalue weighted by molar-refractivity contribution is 0.106. The van der Waals surface area contributed by atoms with E-state index in [2.05, 4.69) is 31.2 Å². The van der Waals surface area contributed by atoms with E-state index in [1.165, 1.54) is 12.3 Å². The predicted molar refractivity (Wildman–Crippen MR) is 99.2 cm³/mol. The van der Waals surface area contributed by atoms with E-state index in [-0.39, 0.29) is 10.6 Å². The average Bonchev–Trinajstić information content (AvgIpc) is 2.95. The predicted octanol–water partition coefficient (Wildman–Crippen LogP) is 3.58. The van der Waals surface area contributed by atoms with Crippen LogP contribution in [-0.2, 0) is 0 Å². The molecule has 24 heavy (non-hydrogen) atoms. The Morgan fingerprint density at radius 3 is 2.92 bits per heavy atom. The molecule has 1 aromatic carbocycles. The fourth-order valence-electron chi connectivity index (χ4n) is 1.99. The van der Waals surface area contributed by atoms with Crippen LogP contribution in [0, 0.1) is 5.41 Å². The van der Waals surface area contributed by atoms with Crippen molar-refractivity contribution in [2.45, 2.75) is 0 Å². The molecule has 0 aliphatic carbocycles. The summed E-state index contributed by atoms with van der Waals surface area (Å²) >= 11 is 4.33. The second-order valence-electron chi connectivity index (χ2n) is 4.81. The monoisotopic (exact) mass is 402 g/mol. The molecule has 2 heterocycles. The standard InChI is InChI=1S/C16H11BrN4O2S/c17-10-2-4-14(20-8-10)19-6-5-11(18)15(22)9-1-3-12-13(7-9)24-16(23)21-12/h1-8,18H,(H,19,20)(H,21,23)/b6-5-,18-11?. The lowest BCUT2D eigenvalue weighted by Crippen LogP contribution is -2.10. The summed E-state index contributed by atoms with van der Waals surface area (Å²) in [6.07, 6.45) is 4.50. The third-order valence-electron chi connectivity index (χ3n) is 3.14. The molecule has 8 heteroatoms. The zero-order valence-electron chi connectivity index (χ0n) is 12.2. The number of nitrogens with one attached hydrogen (secondary N) is 3. The number of thiazole rings is 1. The molecule has 3 rings (SSSR count). The molecule has 3 aromatic rings. The molecule has 0 saturated carbocycles. The van der Waals surface area contributed by atoms with Gasteiger partial charge < -0.3 is 10.3 Å². The number of allylic oxidation sites excluding steroid dienone is 1. The third kappa shape index (κ3) is 3.66. The Hall–Kier alpha value is -2.58. The summed E-state index contributed by atoms with van der Waals surface area (Å²) in [6.45, 7) is 0. The van der Waals surface area contributed by atoms with E-state index in [9.17, 15) is 9.59 Å². The molecule has 0 atom stereocenters. The number of hydrogen-bond donors (Lipinski definition) is 3. The molecular formula is C16H11BrN4O2S. The van der Waals surface area contributed by atoms with Crippen LogP contribution in [0.4, 0.5) is 5.82 Å². The van der Waals surface area contributed by atoms with E-state index in [1.807, 2.05) is 6.07 Å². The van der Waals surface area contributed by atoms with E-state index in [1.54, 1.807) is 30.5 Å². The molecule has 2 aromatic heterocycles. The molecule has 0 aliphatic rings. The first-order chi connectivity index (χ1) is 11.5. The summed E-state index contributed by atoms with van der Waals surface area (Å²) in [5, 5.41) is 10.8. The normalized spacial score (nSPS) is 11.0. The molecule has 0 aliphatic heterocycles. The van der Waals surface area contributed by atoms with Crippen molar-refractivity contribution in [1.29, 1.82) is 5.41 Å². The molecule has 120 valence electrons. The van der Waals surface area contributed by atoms with Gasteiger partial charge in [0.2, 0.25) is 5.78 Å². The van der Waals surface area contributed by atoms with Gasteiger partial charge in [-0.15, -0.1) is 0 Å². The first-order valence-electron chi connectivity index (χ1n) is 6.84. The second-order valence-corrected chi connectivity index (χ2v) is 6.74. The number of H-pyrrole nitrogens is 1. The third-order valence-corrected chi connectivity index (χ3v) is 4.45. The first-order valence-corrected chi connectivity index (χ1v) is 8.44. The van der Waals surface area contributed by atoms with Crippen LogP contribution in [0.5, 0.6) is 0 Å². The zero-order valence-corrected chi connectivity index (χ0v) is 14.6. The Morgan fingerprint density at radius 1 is 1.33 bits per heavy atom. The van der Waals surface area contributed by atoms with Crippen LogP contribution in [0.1, 0.15) is 10.4 Å². The van der Waals surface area contributed by atoms with Crippen LogP contribution in [0.25, 0.3) is 10.2 Å². The summed E-state index contributed by atoms with van der Waals surface area (Å²) in [5.41, 5.74) is 0.891. The van der Waals surface area contributed by atoms with Crippen molar-refractivity contribution in [3.63, 3.8) is 0 Å². The van der Waals surface area contributed by atoms with Gasteiger partial charge in [0.15, 0.2) is 0 Å². The summed E-state index contributed by atoms with van der Waals surface area (Å²) in [7, 11) is 0. The van der Waals surface area contributed by atoms with E-state index < -0.39 is 5.78 Å². The first kappa shape index (κ1) is 16.3. The number of aromatic nitrogens is 2. The molecular weight excluding hydrogens is 392 g/mol. The minimum absolute atomic E-state index is 0.165. The number of pyridine rings is 1. The Bertz CT molecular complexity index is 1000. The molecule has 0 amide bonds. The van der Waals surface area contributed by atoms with Crippen molar-refractivity contribution in [3.05, 3.63) is 68.5 Å². The highest BCUT2D eigenvalue weighted by atomic mass is 79.9. The maximum atomic E-state index is 12.3. The van der Waals surface area contributed by atoms with Gasteiger partial charge in [-0.1, -0.05) is 11.3 Å². The number of halogens is 1. The Kier molecular flexibility index (Phi) is 4.68. The van der Waals surface area contributed by atoms with E-state index in [0.29, 0.717) is 21.6 Å². The Labute approximate surface area is 148 Å². The molecule has 0 radical (unpaired) electrons. The van der Waals surface area contributed by atoms with Crippen LogP contribution < -0.4 is 10.2 Å². The van der Waals surface area contributed by atoms with Crippen molar-refractivity contribution < 1.29 is 4.79 Å². The van der Waals surface area contributed by atoms with Crippen molar-refractivity contribution in [3.8, 4) is 0 Å². The second kappa shape index (κ2) is 6.90. The number of carbonyl (C=O) groups excluding carboxylic acids is 1. The van der Waals surface area contributed by atoms with Gasteiger partial charge in [0, 0.05) is 22.4 Å². The number of benzene rings is 1. The Morgan fingerprint density at radius 2 is 2.17 bits per heavy atom. The fourth-order valence-corrected chi connectivity index (χ4v) is 3.00. The largest absolute Gasteiger partial charge is 0.347 e. The number of aromatic amines is 1. The molecule has 0 unspecified atom stereocenters. The van der Waals surface area contributed by atoms with Gasteiger partial charge in [0.25, 0.3) is 0 Å². The molecule has 0 fully saturated rings. The van der Waals surface area contributed by atoms with Crippen molar-refractivity contribution >= 4 is 54.8 Å². The number of ketones is 1. The summed E-state index contributed by atoms with van der Waals surface area (Å²) in [5.74, 6) is 0.188. The van der Waals surface area contributed by atoms with Crippen molar-refractivity contribution in [2.24, 2.45) is 0 Å². The number of nitrogens with zero attached hydrogens (tertiary/aromatic N) is 1. The van der Waals surface area contributed by atoms with Crippen LogP contribution in [0.3, 0.4) is 0 Å². The van der Waals surface area contributed by atoms with E-state index in [4.69, 9.17) is 5.41 Å². The topological polar surface area (TPSA) is 98.7 Å². The lowest BCUT2D eigenvalue weighted by Gasteiger charge is -2.01. The number of carbonyl (C=O) groups is 1. The highest BCUT2D eigenvalue weighted by molar-refractivity contribution is 9.10. The quantitative estimate of drug-likeness (QED) is 0.448. The molecule has 0 saturated heterocycles. The minimum Gasteiger partial charge on any atom is -0.347 e. The minimum atomic E-state index is -0.417. The van der Waals surface area contributed by atoms with Gasteiger partial charge in [-0.05, 0) is 52.3 Å². The molecule has 0 spiro atoms. The maximum Gasteiger partial charge on any atom is 0.305 e. The van der Waals surface area contributed by atoms with Gasteiger partial charge in [0.1, 0.15) is 11.5 Å². The zero-order chi connectivity index (χ0) is 17.1. The Balaban J connectivity index is 1.70. The molecule has 6 nitrogen and oxygen atoms in total. The van der Waals surface area contributed by atoms with Crippen LogP contribution in [0.2, 0.25) is 0 Å². The number of anilines is 1. The van der Waals surface area contributed by atoms with Gasteiger partial charge in [0.05, 0.1) is 10.2 Å². The number of hydrogen-bond acceptors (Lipinski definition) is 6. The van der Waals surface area contributed by atoms with Gasteiger partial charge >= 0.3 is 4.87 Å². The summed E-state index contributed by atoms with van der Waals surface area (Å²) in [4.78, 5) is 30.2. The van der Waals surface area contributed by atoms with E-state index in [0.717, 1.165) is 15.8 Å². The van der Waals surface area contributed by atoms with Crippen LogP contribution in [0.15, 0.2) is 58.1 Å². The van der Waals surface area contributed by atoms with Crippen LogP contribution >= 0.6 is 27.3 Å². The highest BCUT2D eigenvalue weighted by Gasteiger charge is 2.11. The molecule has 0 bridgehead atoms. The SMILES string of the molecule is N=C(/C=C\Nc1ccc(Br)cn1)C(=O)c1ccc2[nH]c(=O)sc2c1.